The summed E-state index contributed by atoms with van der Waals surface area (Å²) < 4.78 is 0. The number of piperidine rings is 1. The number of nitrogens with zero attached hydrogens (tertiary/aromatic N) is 1. The van der Waals surface area contributed by atoms with Gasteiger partial charge in [0, 0.05) is 38.0 Å². The van der Waals surface area contributed by atoms with Crippen LogP contribution in [0.4, 0.5) is 0 Å². The molecule has 0 spiro atoms. The first-order valence-electron chi connectivity index (χ1n) is 9.67. The SMILES string of the molecule is CC(=O)N[C@@H]1CCCCC1NC(=O)C1CCCN(C(=O)C(C)(C)CCl)C1. The molecule has 2 unspecified atom stereocenters. The van der Waals surface area contributed by atoms with Crippen molar-refractivity contribution in [2.24, 2.45) is 11.3 Å². The second-order valence-corrected chi connectivity index (χ2v) is 8.58. The Kier molecular flexibility index (Phi) is 7.33. The van der Waals surface area contributed by atoms with Crippen LogP contribution in [0.25, 0.3) is 0 Å². The Balaban J connectivity index is 1.95. The van der Waals surface area contributed by atoms with E-state index in [9.17, 15) is 14.4 Å². The van der Waals surface area contributed by atoms with E-state index >= 15 is 0 Å². The molecule has 0 bridgehead atoms. The van der Waals surface area contributed by atoms with Crippen molar-refractivity contribution in [3.63, 3.8) is 0 Å². The van der Waals surface area contributed by atoms with Gasteiger partial charge in [-0.15, -0.1) is 11.6 Å². The quantitative estimate of drug-likeness (QED) is 0.711. The maximum Gasteiger partial charge on any atom is 0.229 e. The zero-order valence-corrected chi connectivity index (χ0v) is 16.9. The molecule has 0 aromatic rings. The Hall–Kier alpha value is -1.30. The maximum absolute atomic E-state index is 12.8. The minimum absolute atomic E-state index is 0.00158. The Morgan fingerprint density at radius 3 is 2.23 bits per heavy atom. The third-order valence-corrected chi connectivity index (χ3v) is 6.14. The number of alkyl halides is 1. The zero-order valence-electron chi connectivity index (χ0n) is 16.1. The highest BCUT2D eigenvalue weighted by Crippen LogP contribution is 2.26. The molecule has 0 aromatic carbocycles. The molecule has 2 rings (SSSR count). The fourth-order valence-corrected chi connectivity index (χ4v) is 4.01. The van der Waals surface area contributed by atoms with E-state index in [1.165, 1.54) is 6.92 Å². The predicted molar refractivity (Wildman–Crippen MR) is 102 cm³/mol. The number of hydrogen-bond donors (Lipinski definition) is 2. The topological polar surface area (TPSA) is 78.5 Å². The first-order valence-corrected chi connectivity index (χ1v) is 10.2. The molecule has 0 radical (unpaired) electrons. The van der Waals surface area contributed by atoms with Gasteiger partial charge in [0.25, 0.3) is 0 Å². The van der Waals surface area contributed by atoms with Crippen molar-refractivity contribution in [1.82, 2.24) is 15.5 Å². The van der Waals surface area contributed by atoms with Crippen LogP contribution in [0.1, 0.15) is 59.3 Å². The molecule has 6 nitrogen and oxygen atoms in total. The zero-order chi connectivity index (χ0) is 19.3. The van der Waals surface area contributed by atoms with Crippen molar-refractivity contribution in [2.75, 3.05) is 19.0 Å². The number of hydrogen-bond acceptors (Lipinski definition) is 3. The van der Waals surface area contributed by atoms with Crippen molar-refractivity contribution in [3.8, 4) is 0 Å². The van der Waals surface area contributed by atoms with Gasteiger partial charge in [-0.25, -0.2) is 0 Å². The Labute approximate surface area is 161 Å². The average Bonchev–Trinajstić information content (AvgIpc) is 2.62. The van der Waals surface area contributed by atoms with Gasteiger partial charge in [-0.2, -0.15) is 0 Å². The summed E-state index contributed by atoms with van der Waals surface area (Å²) in [6.07, 6.45) is 5.50. The molecule has 0 aromatic heterocycles. The summed E-state index contributed by atoms with van der Waals surface area (Å²) in [5.41, 5.74) is -0.611. The van der Waals surface area contributed by atoms with E-state index in [2.05, 4.69) is 10.6 Å². The smallest absolute Gasteiger partial charge is 0.229 e. The van der Waals surface area contributed by atoms with Gasteiger partial charge in [0.05, 0.1) is 11.3 Å². The lowest BCUT2D eigenvalue weighted by atomic mass is 9.88. The Bertz CT molecular complexity index is 538. The standard InChI is InChI=1S/C19H32ClN3O3/c1-13(24)21-15-8-4-5-9-16(15)22-17(25)14-7-6-10-23(11-14)18(26)19(2,3)12-20/h14-16H,4-12H2,1-3H3,(H,21,24)(H,22,25)/t14?,15-,16?/m1/s1. The molecule has 2 aliphatic rings. The largest absolute Gasteiger partial charge is 0.352 e. The van der Waals surface area contributed by atoms with Gasteiger partial charge in [-0.3, -0.25) is 14.4 Å². The van der Waals surface area contributed by atoms with Gasteiger partial charge in [0.1, 0.15) is 0 Å². The molecule has 148 valence electrons. The summed E-state index contributed by atoms with van der Waals surface area (Å²) in [5, 5.41) is 6.10. The van der Waals surface area contributed by atoms with Crippen LogP contribution in [0.2, 0.25) is 0 Å². The normalized spacial score (nSPS) is 26.9. The monoisotopic (exact) mass is 385 g/mol. The van der Waals surface area contributed by atoms with E-state index in [4.69, 9.17) is 11.6 Å². The minimum atomic E-state index is -0.611. The van der Waals surface area contributed by atoms with Crippen LogP contribution in [0.5, 0.6) is 0 Å². The lowest BCUT2D eigenvalue weighted by Gasteiger charge is -2.38. The van der Waals surface area contributed by atoms with Crippen LogP contribution in [-0.4, -0.2) is 53.7 Å². The van der Waals surface area contributed by atoms with Crippen molar-refractivity contribution in [3.05, 3.63) is 0 Å². The number of rotatable bonds is 5. The van der Waals surface area contributed by atoms with Gasteiger partial charge in [0.2, 0.25) is 17.7 Å². The van der Waals surface area contributed by atoms with Crippen LogP contribution in [0.15, 0.2) is 0 Å². The summed E-state index contributed by atoms with van der Waals surface area (Å²) in [7, 11) is 0. The van der Waals surface area contributed by atoms with E-state index in [1.54, 1.807) is 4.90 Å². The number of nitrogens with one attached hydrogen (secondary N) is 2. The summed E-state index contributed by atoms with van der Waals surface area (Å²) in [4.78, 5) is 38.6. The summed E-state index contributed by atoms with van der Waals surface area (Å²) in [6.45, 7) is 6.32. The number of likely N-dealkylation sites (tertiary alicyclic amines) is 1. The van der Waals surface area contributed by atoms with Crippen molar-refractivity contribution >= 4 is 29.3 Å². The van der Waals surface area contributed by atoms with Gasteiger partial charge in [-0.05, 0) is 39.5 Å². The molecule has 3 atom stereocenters. The molecular formula is C19H32ClN3O3. The molecule has 2 N–H and O–H groups in total. The van der Waals surface area contributed by atoms with Gasteiger partial charge in [0.15, 0.2) is 0 Å². The van der Waals surface area contributed by atoms with Crippen LogP contribution in [-0.2, 0) is 14.4 Å². The molecule has 1 aliphatic heterocycles. The molecule has 26 heavy (non-hydrogen) atoms. The number of carbonyl (C=O) groups is 3. The van der Waals surface area contributed by atoms with Gasteiger partial charge in [-0.1, -0.05) is 12.8 Å². The maximum atomic E-state index is 12.8. The molecule has 3 amide bonds. The second-order valence-electron chi connectivity index (χ2n) is 8.31. The summed E-state index contributed by atoms with van der Waals surface area (Å²) in [6, 6.07) is -0.0211. The highest BCUT2D eigenvalue weighted by atomic mass is 35.5. The van der Waals surface area contributed by atoms with Crippen LogP contribution in [0, 0.1) is 11.3 Å². The first kappa shape index (κ1) is 21.0. The summed E-state index contributed by atoms with van der Waals surface area (Å²) in [5.74, 6) is 0.0134. The number of carbonyl (C=O) groups excluding carboxylic acids is 3. The predicted octanol–water partition coefficient (Wildman–Crippen LogP) is 2.05. The van der Waals surface area contributed by atoms with Crippen molar-refractivity contribution in [2.45, 2.75) is 71.4 Å². The van der Waals surface area contributed by atoms with E-state index in [-0.39, 0.29) is 41.6 Å². The average molecular weight is 386 g/mol. The van der Waals surface area contributed by atoms with Crippen molar-refractivity contribution < 1.29 is 14.4 Å². The van der Waals surface area contributed by atoms with E-state index in [0.717, 1.165) is 38.5 Å². The van der Waals surface area contributed by atoms with E-state index in [0.29, 0.717) is 13.1 Å². The minimum Gasteiger partial charge on any atom is -0.352 e. The highest BCUT2D eigenvalue weighted by molar-refractivity contribution is 6.19. The van der Waals surface area contributed by atoms with E-state index in [1.807, 2.05) is 13.8 Å². The third kappa shape index (κ3) is 5.35. The molecule has 1 heterocycles. The number of amides is 3. The Morgan fingerprint density at radius 2 is 1.65 bits per heavy atom. The lowest BCUT2D eigenvalue weighted by molar-refractivity contribution is -0.142. The lowest BCUT2D eigenvalue weighted by Crippen LogP contribution is -2.56. The van der Waals surface area contributed by atoms with E-state index < -0.39 is 5.41 Å². The van der Waals surface area contributed by atoms with Gasteiger partial charge < -0.3 is 15.5 Å². The second kappa shape index (κ2) is 9.07. The molecular weight excluding hydrogens is 354 g/mol. The highest BCUT2D eigenvalue weighted by Gasteiger charge is 2.36. The first-order chi connectivity index (χ1) is 12.2. The van der Waals surface area contributed by atoms with Gasteiger partial charge >= 0.3 is 0 Å². The summed E-state index contributed by atoms with van der Waals surface area (Å²) >= 11 is 5.93. The molecule has 1 saturated carbocycles. The number of halogens is 1. The Morgan fingerprint density at radius 1 is 1.04 bits per heavy atom. The molecule has 7 heteroatoms. The molecule has 1 saturated heterocycles. The van der Waals surface area contributed by atoms with Crippen molar-refractivity contribution in [1.29, 1.82) is 0 Å². The van der Waals surface area contributed by atoms with Crippen LogP contribution >= 0.6 is 11.6 Å². The molecule has 2 fully saturated rings. The fraction of sp³-hybridized carbons (Fsp3) is 0.842. The molecule has 1 aliphatic carbocycles. The third-order valence-electron chi connectivity index (χ3n) is 5.47. The van der Waals surface area contributed by atoms with Crippen LogP contribution in [0.3, 0.4) is 0 Å². The fourth-order valence-electron chi connectivity index (χ4n) is 3.90. The van der Waals surface area contributed by atoms with Crippen LogP contribution < -0.4 is 10.6 Å².